The molecule has 5 aliphatic heterocycles. The molecule has 14 atom stereocenters. The third-order valence-corrected chi connectivity index (χ3v) is 16.5. The second kappa shape index (κ2) is 11.1. The fraction of sp³-hybridized carbons (Fsp3) is 0.698. The summed E-state index contributed by atoms with van der Waals surface area (Å²) < 4.78 is 7.82. The monoisotopic (exact) mass is 654 g/mol. The number of hydrogen-bond donors (Lipinski definition) is 0. The number of ether oxygens (including phenoxy) is 1. The molecule has 49 heavy (non-hydrogen) atoms. The highest BCUT2D eigenvalue weighted by Gasteiger charge is 2.71. The van der Waals surface area contributed by atoms with E-state index in [1.807, 2.05) is 0 Å². The van der Waals surface area contributed by atoms with Crippen LogP contribution in [-0.2, 0) is 4.74 Å². The smallest absolute Gasteiger partial charge is 0.198 e. The molecule has 9 fully saturated rings. The van der Waals surface area contributed by atoms with Gasteiger partial charge in [-0.05, 0) is 86.0 Å². The van der Waals surface area contributed by atoms with Gasteiger partial charge in [-0.1, -0.05) is 111 Å². The molecule has 5 saturated carbocycles. The molecule has 0 amide bonds. The first-order valence-corrected chi connectivity index (χ1v) is 21.1. The number of fused-ring (bicyclic) bond motifs is 13. The van der Waals surface area contributed by atoms with Gasteiger partial charge >= 0.3 is 0 Å². The van der Waals surface area contributed by atoms with E-state index in [2.05, 4.69) is 69.3 Å². The Labute approximate surface area is 294 Å². The van der Waals surface area contributed by atoms with Gasteiger partial charge in [0.25, 0.3) is 0 Å². The van der Waals surface area contributed by atoms with E-state index < -0.39 is 0 Å². The summed E-state index contributed by atoms with van der Waals surface area (Å²) in [6.45, 7) is 0.554. The second-order valence-corrected chi connectivity index (χ2v) is 18.3. The van der Waals surface area contributed by atoms with Crippen molar-refractivity contribution in [2.75, 3.05) is 0 Å². The summed E-state index contributed by atoms with van der Waals surface area (Å²) in [5.41, 5.74) is 4.53. The van der Waals surface area contributed by atoms with Crippen LogP contribution in [0.15, 0.2) is 59.6 Å². The highest BCUT2D eigenvalue weighted by molar-refractivity contribution is 6.78. The van der Waals surface area contributed by atoms with Gasteiger partial charge < -0.3 is 14.5 Å². The van der Waals surface area contributed by atoms with Gasteiger partial charge in [-0.25, -0.2) is 4.99 Å². The SMILES string of the molecule is c1ccc(-c2ccccc2B2C3CCCC4C5CCCCC5N(C5CC6C7C(OC8CCCCC8N7C7=NC8CCCCC8N76)C25)C34)cc1. The first-order valence-electron chi connectivity index (χ1n) is 21.1. The summed E-state index contributed by atoms with van der Waals surface area (Å²) in [5.74, 6) is 4.53. The van der Waals surface area contributed by atoms with E-state index in [9.17, 15) is 0 Å². The Morgan fingerprint density at radius 1 is 0.612 bits per heavy atom. The topological polar surface area (TPSA) is 31.3 Å². The van der Waals surface area contributed by atoms with Gasteiger partial charge in [0.1, 0.15) is 0 Å². The van der Waals surface area contributed by atoms with E-state index in [0.29, 0.717) is 54.9 Å². The molecule has 5 aliphatic carbocycles. The van der Waals surface area contributed by atoms with Gasteiger partial charge in [0.05, 0.1) is 42.4 Å². The molecule has 2 aromatic carbocycles. The van der Waals surface area contributed by atoms with Crippen LogP contribution in [0.5, 0.6) is 0 Å². The zero-order chi connectivity index (χ0) is 31.8. The van der Waals surface area contributed by atoms with E-state index in [4.69, 9.17) is 9.73 Å². The van der Waals surface area contributed by atoms with Crippen LogP contribution in [0, 0.1) is 11.8 Å². The highest BCUT2D eigenvalue weighted by Crippen LogP contribution is 2.63. The lowest BCUT2D eigenvalue weighted by atomic mass is 9.23. The van der Waals surface area contributed by atoms with E-state index in [1.165, 1.54) is 120 Å². The average molecular weight is 655 g/mol. The van der Waals surface area contributed by atoms with Gasteiger partial charge in [0, 0.05) is 18.1 Å². The minimum atomic E-state index is 0.288. The Kier molecular flexibility index (Phi) is 6.63. The van der Waals surface area contributed by atoms with Crippen LogP contribution in [0.4, 0.5) is 0 Å². The molecule has 0 N–H and O–H groups in total. The normalized spacial score (nSPS) is 46.1. The van der Waals surface area contributed by atoms with Gasteiger partial charge in [0.15, 0.2) is 12.7 Å². The van der Waals surface area contributed by atoms with Crippen molar-refractivity contribution in [3.8, 4) is 11.1 Å². The Bertz CT molecular complexity index is 1630. The van der Waals surface area contributed by atoms with E-state index in [-0.39, 0.29) is 6.10 Å². The van der Waals surface area contributed by atoms with E-state index in [0.717, 1.165) is 29.7 Å². The molecule has 0 radical (unpaired) electrons. The summed E-state index contributed by atoms with van der Waals surface area (Å²) in [6, 6.07) is 26.0. The van der Waals surface area contributed by atoms with Crippen LogP contribution in [0.2, 0.25) is 11.6 Å². The number of aliphatic imine (C=N–C) groups is 1. The van der Waals surface area contributed by atoms with E-state index >= 15 is 0 Å². The molecule has 12 rings (SSSR count). The van der Waals surface area contributed by atoms with Crippen molar-refractivity contribution in [3.63, 3.8) is 0 Å². The molecule has 0 aromatic heterocycles. The molecule has 5 heterocycles. The molecule has 2 aromatic rings. The van der Waals surface area contributed by atoms with Crippen molar-refractivity contribution < 1.29 is 4.74 Å². The lowest BCUT2D eigenvalue weighted by molar-refractivity contribution is -0.168. The number of morpholine rings is 1. The molecule has 6 heteroatoms. The average Bonchev–Trinajstić information content (AvgIpc) is 3.81. The summed E-state index contributed by atoms with van der Waals surface area (Å²) >= 11 is 0. The minimum absolute atomic E-state index is 0.288. The quantitative estimate of drug-likeness (QED) is 0.317. The van der Waals surface area contributed by atoms with Crippen LogP contribution >= 0.6 is 0 Å². The number of rotatable bonds is 2. The fourth-order valence-electron chi connectivity index (χ4n) is 15.2. The molecule has 10 aliphatic rings. The Morgan fingerprint density at radius 3 is 2.29 bits per heavy atom. The predicted molar refractivity (Wildman–Crippen MR) is 198 cm³/mol. The first-order chi connectivity index (χ1) is 24.3. The summed E-state index contributed by atoms with van der Waals surface area (Å²) in [7, 11) is 0. The maximum atomic E-state index is 7.82. The van der Waals surface area contributed by atoms with Crippen LogP contribution < -0.4 is 5.46 Å². The van der Waals surface area contributed by atoms with Crippen molar-refractivity contribution in [2.24, 2.45) is 16.8 Å². The van der Waals surface area contributed by atoms with E-state index in [1.54, 1.807) is 5.46 Å². The Hall–Kier alpha value is -2.31. The fourth-order valence-corrected chi connectivity index (χ4v) is 15.2. The minimum Gasteiger partial charge on any atom is -0.371 e. The predicted octanol–water partition coefficient (Wildman–Crippen LogP) is 7.37. The maximum Gasteiger partial charge on any atom is 0.198 e. The number of guanidine groups is 1. The van der Waals surface area contributed by atoms with Crippen molar-refractivity contribution >= 4 is 18.1 Å². The summed E-state index contributed by atoms with van der Waals surface area (Å²) in [5, 5.41) is 0. The molecular formula is C43H55BN4O. The van der Waals surface area contributed by atoms with Crippen molar-refractivity contribution in [2.45, 2.75) is 175 Å². The molecule has 14 unspecified atom stereocenters. The van der Waals surface area contributed by atoms with Crippen LogP contribution in [0.3, 0.4) is 0 Å². The Morgan fingerprint density at radius 2 is 1.37 bits per heavy atom. The molecule has 0 spiro atoms. The van der Waals surface area contributed by atoms with Crippen molar-refractivity contribution in [3.05, 3.63) is 54.6 Å². The third kappa shape index (κ3) is 4.00. The summed E-state index contributed by atoms with van der Waals surface area (Å²) in [4.78, 5) is 15.0. The van der Waals surface area contributed by atoms with Crippen LogP contribution in [0.1, 0.15) is 103 Å². The zero-order valence-electron chi connectivity index (χ0n) is 29.4. The number of benzene rings is 2. The third-order valence-electron chi connectivity index (χ3n) is 16.5. The van der Waals surface area contributed by atoms with Gasteiger partial charge in [-0.3, -0.25) is 4.90 Å². The van der Waals surface area contributed by atoms with Gasteiger partial charge in [0.2, 0.25) is 0 Å². The zero-order valence-corrected chi connectivity index (χ0v) is 29.4. The van der Waals surface area contributed by atoms with Crippen molar-refractivity contribution in [1.29, 1.82) is 0 Å². The molecule has 4 saturated heterocycles. The molecular weight excluding hydrogens is 599 g/mol. The number of hydrogen-bond acceptors (Lipinski definition) is 5. The van der Waals surface area contributed by atoms with Crippen LogP contribution in [0.25, 0.3) is 11.1 Å². The molecule has 0 bridgehead atoms. The summed E-state index contributed by atoms with van der Waals surface area (Å²) in [6.07, 6.45) is 22.7. The first kappa shape index (κ1) is 29.3. The lowest BCUT2D eigenvalue weighted by Gasteiger charge is -2.63. The molecule has 256 valence electrons. The lowest BCUT2D eigenvalue weighted by Crippen LogP contribution is -2.74. The number of nitrogens with zero attached hydrogens (tertiary/aromatic N) is 4. The standard InChI is InChI=1S/C43H55BN4O/c1-2-13-26(14-3-1)27-15-4-6-18-30(27)44-31-19-12-17-29-28-16-5-8-21-33(28)46(40(29)31)36-25-37-41-42(39(36)44)49-38-24-11-10-23-35(38)48(41)43-45-32-20-7-9-22-34(32)47(37)43/h1-4,6,13-15,18,28-29,31-42H,5,7-12,16-17,19-25H2. The van der Waals surface area contributed by atoms with Gasteiger partial charge in [-0.15, -0.1) is 0 Å². The van der Waals surface area contributed by atoms with Crippen molar-refractivity contribution in [1.82, 2.24) is 14.7 Å². The Balaban J connectivity index is 1.06. The van der Waals surface area contributed by atoms with Gasteiger partial charge in [-0.2, -0.15) is 0 Å². The highest BCUT2D eigenvalue weighted by atomic mass is 16.5. The molecule has 5 nitrogen and oxygen atoms in total. The maximum absolute atomic E-state index is 7.82. The second-order valence-electron chi connectivity index (χ2n) is 18.3. The van der Waals surface area contributed by atoms with Crippen LogP contribution in [-0.4, -0.2) is 87.9 Å². The largest absolute Gasteiger partial charge is 0.371 e.